The summed E-state index contributed by atoms with van der Waals surface area (Å²) in [5.41, 5.74) is 4.10. The molecule has 204 valence electrons. The van der Waals surface area contributed by atoms with E-state index in [9.17, 15) is 14.4 Å². The highest BCUT2D eigenvalue weighted by atomic mass is 16.4. The van der Waals surface area contributed by atoms with Gasteiger partial charge in [-0.15, -0.1) is 0 Å². The number of piperazine rings is 1. The van der Waals surface area contributed by atoms with Crippen LogP contribution in [0.25, 0.3) is 5.65 Å². The highest BCUT2D eigenvalue weighted by Gasteiger charge is 2.38. The van der Waals surface area contributed by atoms with Crippen LogP contribution in [-0.4, -0.2) is 73.0 Å². The maximum atomic E-state index is 12.6. The molecule has 2 aliphatic rings. The lowest BCUT2D eigenvalue weighted by molar-refractivity contribution is -0.148. The Balaban J connectivity index is 0.000000213. The van der Waals surface area contributed by atoms with Crippen molar-refractivity contribution in [3.05, 3.63) is 29.2 Å². The molecule has 9 nitrogen and oxygen atoms in total. The SMILES string of the molecule is CC1(C)CN(C(=O)C2CCC(C(=O)O)CC2)CCN1C=O.Cc1cn2nc(C(C)C)cc(C(C)C)c2n1. The Hall–Kier alpha value is -2.97. The van der Waals surface area contributed by atoms with Gasteiger partial charge in [-0.3, -0.25) is 14.4 Å². The van der Waals surface area contributed by atoms with Gasteiger partial charge in [-0.05, 0) is 64.4 Å². The number of imidazole rings is 1. The first-order chi connectivity index (χ1) is 17.3. The normalized spacial score (nSPS) is 21.6. The van der Waals surface area contributed by atoms with Crippen molar-refractivity contribution in [2.24, 2.45) is 11.8 Å². The van der Waals surface area contributed by atoms with Crippen LogP contribution in [0, 0.1) is 18.8 Å². The fourth-order valence-electron chi connectivity index (χ4n) is 5.24. The second-order valence-corrected chi connectivity index (χ2v) is 11.7. The minimum Gasteiger partial charge on any atom is -0.481 e. The van der Waals surface area contributed by atoms with Crippen LogP contribution in [0.4, 0.5) is 0 Å². The van der Waals surface area contributed by atoms with Crippen LogP contribution < -0.4 is 0 Å². The second kappa shape index (κ2) is 11.6. The summed E-state index contributed by atoms with van der Waals surface area (Å²) in [6.07, 6.45) is 5.33. The van der Waals surface area contributed by atoms with E-state index in [0.29, 0.717) is 57.2 Å². The Morgan fingerprint density at radius 1 is 1.05 bits per heavy atom. The molecule has 4 rings (SSSR count). The van der Waals surface area contributed by atoms with Crippen LogP contribution in [0.1, 0.15) is 96.0 Å². The van der Waals surface area contributed by atoms with Crippen molar-refractivity contribution in [1.82, 2.24) is 24.4 Å². The van der Waals surface area contributed by atoms with Gasteiger partial charge in [0.05, 0.1) is 29.0 Å². The molecule has 9 heteroatoms. The zero-order chi connectivity index (χ0) is 27.5. The number of fused-ring (bicyclic) bond motifs is 1. The van der Waals surface area contributed by atoms with E-state index in [1.54, 1.807) is 4.90 Å². The second-order valence-electron chi connectivity index (χ2n) is 11.7. The molecule has 1 aliphatic carbocycles. The number of carbonyl (C=O) groups excluding carboxylic acids is 2. The molecule has 1 saturated carbocycles. The molecular formula is C28H43N5O4. The molecule has 3 heterocycles. The fraction of sp³-hybridized carbons (Fsp3) is 0.679. The Kier molecular flexibility index (Phi) is 8.97. The van der Waals surface area contributed by atoms with Gasteiger partial charge in [0, 0.05) is 31.1 Å². The maximum absolute atomic E-state index is 12.6. The summed E-state index contributed by atoms with van der Waals surface area (Å²) in [4.78, 5) is 42.7. The molecule has 0 aromatic carbocycles. The van der Waals surface area contributed by atoms with E-state index in [4.69, 9.17) is 5.11 Å². The van der Waals surface area contributed by atoms with Crippen molar-refractivity contribution in [1.29, 1.82) is 0 Å². The lowest BCUT2D eigenvalue weighted by Crippen LogP contribution is -2.60. The Morgan fingerprint density at radius 3 is 2.19 bits per heavy atom. The van der Waals surface area contributed by atoms with Gasteiger partial charge >= 0.3 is 5.97 Å². The van der Waals surface area contributed by atoms with Gasteiger partial charge in [0.1, 0.15) is 0 Å². The van der Waals surface area contributed by atoms with Crippen LogP contribution >= 0.6 is 0 Å². The van der Waals surface area contributed by atoms with E-state index in [2.05, 4.69) is 43.8 Å². The zero-order valence-corrected chi connectivity index (χ0v) is 23.4. The average Bonchev–Trinajstić information content (AvgIpc) is 3.22. The molecule has 0 unspecified atom stereocenters. The summed E-state index contributed by atoms with van der Waals surface area (Å²) < 4.78 is 1.92. The number of rotatable bonds is 5. The predicted octanol–water partition coefficient (Wildman–Crippen LogP) is 4.24. The standard InChI is InChI=1S/C15H24N2O4.C13H19N3/c1-15(2)9-16(7-8-17(15)10-18)13(19)11-3-5-12(6-4-11)14(20)21;1-8(2)11-6-12(9(3)4)15-16-7-10(5)14-13(11)16/h10-12H,3-9H2,1-2H3,(H,20,21);6-9H,1-5H3. The van der Waals surface area contributed by atoms with Gasteiger partial charge in [0.15, 0.2) is 5.65 Å². The van der Waals surface area contributed by atoms with E-state index in [1.807, 2.05) is 36.4 Å². The van der Waals surface area contributed by atoms with E-state index in [-0.39, 0.29) is 23.3 Å². The monoisotopic (exact) mass is 513 g/mol. The fourth-order valence-corrected chi connectivity index (χ4v) is 5.24. The van der Waals surface area contributed by atoms with Gasteiger partial charge in [-0.25, -0.2) is 9.50 Å². The van der Waals surface area contributed by atoms with Gasteiger partial charge in [-0.1, -0.05) is 27.7 Å². The number of carboxylic acids is 1. The van der Waals surface area contributed by atoms with E-state index in [1.165, 1.54) is 5.56 Å². The van der Waals surface area contributed by atoms with Crippen molar-refractivity contribution < 1.29 is 19.5 Å². The molecule has 2 aromatic heterocycles. The minimum absolute atomic E-state index is 0.0563. The van der Waals surface area contributed by atoms with Gasteiger partial charge in [0.2, 0.25) is 12.3 Å². The van der Waals surface area contributed by atoms with Crippen LogP contribution in [0.5, 0.6) is 0 Å². The first kappa shape index (κ1) is 28.6. The molecule has 37 heavy (non-hydrogen) atoms. The minimum atomic E-state index is -0.748. The number of nitrogens with zero attached hydrogens (tertiary/aromatic N) is 5. The number of carbonyl (C=O) groups is 3. The molecule has 0 atom stereocenters. The summed E-state index contributed by atoms with van der Waals surface area (Å²) in [5, 5.41) is 13.6. The molecule has 0 radical (unpaired) electrons. The summed E-state index contributed by atoms with van der Waals surface area (Å²) in [7, 11) is 0. The molecule has 0 spiro atoms. The Bertz CT molecular complexity index is 1120. The van der Waals surface area contributed by atoms with Gasteiger partial charge < -0.3 is 14.9 Å². The highest BCUT2D eigenvalue weighted by Crippen LogP contribution is 2.31. The zero-order valence-electron chi connectivity index (χ0n) is 23.4. The van der Waals surface area contributed by atoms with Crippen molar-refractivity contribution >= 4 is 23.9 Å². The van der Waals surface area contributed by atoms with Crippen molar-refractivity contribution in [2.75, 3.05) is 19.6 Å². The number of aliphatic carboxylic acids is 1. The summed E-state index contributed by atoms with van der Waals surface area (Å²) in [5.74, 6) is -0.0509. The molecule has 2 amide bonds. The van der Waals surface area contributed by atoms with Gasteiger partial charge in [0.25, 0.3) is 0 Å². The van der Waals surface area contributed by atoms with E-state index in [0.717, 1.165) is 23.4 Å². The van der Waals surface area contributed by atoms with Gasteiger partial charge in [-0.2, -0.15) is 5.10 Å². The third-order valence-corrected chi connectivity index (χ3v) is 7.64. The number of aryl methyl sites for hydroxylation is 1. The molecule has 0 bridgehead atoms. The smallest absolute Gasteiger partial charge is 0.306 e. The topological polar surface area (TPSA) is 108 Å². The van der Waals surface area contributed by atoms with Crippen LogP contribution in [0.3, 0.4) is 0 Å². The highest BCUT2D eigenvalue weighted by molar-refractivity contribution is 5.80. The number of amides is 2. The van der Waals surface area contributed by atoms with Crippen LogP contribution in [0.15, 0.2) is 12.3 Å². The summed E-state index contributed by atoms with van der Waals surface area (Å²) in [6, 6.07) is 2.19. The first-order valence-electron chi connectivity index (χ1n) is 13.4. The molecular weight excluding hydrogens is 470 g/mol. The number of hydrogen-bond acceptors (Lipinski definition) is 5. The quantitative estimate of drug-likeness (QED) is 0.599. The lowest BCUT2D eigenvalue weighted by atomic mass is 9.81. The molecule has 1 aliphatic heterocycles. The largest absolute Gasteiger partial charge is 0.481 e. The van der Waals surface area contributed by atoms with E-state index < -0.39 is 5.97 Å². The average molecular weight is 514 g/mol. The van der Waals surface area contributed by atoms with Crippen LogP contribution in [0.2, 0.25) is 0 Å². The summed E-state index contributed by atoms with van der Waals surface area (Å²) >= 11 is 0. The molecule has 2 fully saturated rings. The molecule has 1 N–H and O–H groups in total. The number of aromatic nitrogens is 3. The third kappa shape index (κ3) is 6.67. The predicted molar refractivity (Wildman–Crippen MR) is 142 cm³/mol. The summed E-state index contributed by atoms with van der Waals surface area (Å²) in [6.45, 7) is 16.3. The maximum Gasteiger partial charge on any atom is 0.306 e. The van der Waals surface area contributed by atoms with E-state index >= 15 is 0 Å². The number of hydrogen-bond donors (Lipinski definition) is 1. The van der Waals surface area contributed by atoms with Crippen molar-refractivity contribution in [3.63, 3.8) is 0 Å². The third-order valence-electron chi connectivity index (χ3n) is 7.64. The lowest BCUT2D eigenvalue weighted by Gasteiger charge is -2.46. The molecule has 2 aromatic rings. The first-order valence-corrected chi connectivity index (χ1v) is 13.4. The molecule has 1 saturated heterocycles. The van der Waals surface area contributed by atoms with Crippen molar-refractivity contribution in [2.45, 2.75) is 91.5 Å². The number of carboxylic acid groups (broad SMARTS) is 1. The Labute approximate surface area is 220 Å². The Morgan fingerprint density at radius 2 is 1.68 bits per heavy atom. The van der Waals surface area contributed by atoms with Crippen molar-refractivity contribution in [3.8, 4) is 0 Å². The van der Waals surface area contributed by atoms with Crippen LogP contribution in [-0.2, 0) is 14.4 Å².